The first kappa shape index (κ1) is 21.3. The second-order valence-electron chi connectivity index (χ2n) is 7.62. The third-order valence-corrected chi connectivity index (χ3v) is 7.49. The number of sulfonamides is 1. The van der Waals surface area contributed by atoms with Crippen molar-refractivity contribution < 1.29 is 13.2 Å². The number of aryl methyl sites for hydroxylation is 1. The summed E-state index contributed by atoms with van der Waals surface area (Å²) >= 11 is 0. The first-order chi connectivity index (χ1) is 15.0. The van der Waals surface area contributed by atoms with E-state index >= 15 is 0 Å². The summed E-state index contributed by atoms with van der Waals surface area (Å²) < 4.78 is 32.9. The summed E-state index contributed by atoms with van der Waals surface area (Å²) in [4.78, 5) is 9.16. The molecule has 0 spiro atoms. The molecule has 162 valence electrons. The first-order valence-corrected chi connectivity index (χ1v) is 11.7. The molecular weight excluding hydrogens is 412 g/mol. The maximum Gasteiger partial charge on any atom is 0.243 e. The Kier molecular flexibility index (Phi) is 6.20. The van der Waals surface area contributed by atoms with Gasteiger partial charge in [0.1, 0.15) is 11.6 Å². The second kappa shape index (κ2) is 9.03. The fraction of sp³-hybridized carbons (Fsp3) is 0.304. The molecule has 1 aromatic carbocycles. The summed E-state index contributed by atoms with van der Waals surface area (Å²) in [6.07, 6.45) is 5.02. The van der Waals surface area contributed by atoms with Crippen molar-refractivity contribution in [3.63, 3.8) is 0 Å². The highest BCUT2D eigenvalue weighted by molar-refractivity contribution is 7.89. The molecule has 0 aliphatic carbocycles. The zero-order valence-corrected chi connectivity index (χ0v) is 18.5. The molecule has 2 aromatic heterocycles. The van der Waals surface area contributed by atoms with Crippen LogP contribution >= 0.6 is 0 Å². The van der Waals surface area contributed by atoms with Crippen molar-refractivity contribution in [3.8, 4) is 5.75 Å². The van der Waals surface area contributed by atoms with Crippen LogP contribution in [0.4, 0.5) is 11.5 Å². The number of methoxy groups -OCH3 is 1. The van der Waals surface area contributed by atoms with Gasteiger partial charge in [0.05, 0.1) is 23.9 Å². The molecule has 3 aromatic rings. The van der Waals surface area contributed by atoms with E-state index in [9.17, 15) is 8.42 Å². The average Bonchev–Trinajstić information content (AvgIpc) is 2.80. The summed E-state index contributed by atoms with van der Waals surface area (Å²) in [5.41, 5.74) is 2.67. The molecule has 8 heteroatoms. The van der Waals surface area contributed by atoms with E-state index < -0.39 is 10.0 Å². The number of hydrogen-bond acceptors (Lipinski definition) is 6. The number of benzene rings is 1. The highest BCUT2D eigenvalue weighted by atomic mass is 32.2. The topological polar surface area (TPSA) is 84.4 Å². The molecule has 1 aliphatic rings. The Hall–Kier alpha value is -2.97. The number of nitrogens with zero attached hydrogens (tertiary/aromatic N) is 3. The van der Waals surface area contributed by atoms with E-state index in [0.29, 0.717) is 23.7 Å². The third-order valence-electron chi connectivity index (χ3n) is 5.60. The van der Waals surface area contributed by atoms with Crippen LogP contribution in [0, 0.1) is 6.92 Å². The number of aromatic nitrogens is 2. The van der Waals surface area contributed by atoms with Crippen LogP contribution in [-0.4, -0.2) is 42.9 Å². The minimum atomic E-state index is -3.52. The Morgan fingerprint density at radius 1 is 1.06 bits per heavy atom. The SMILES string of the molecule is COc1ccc(S(=O)(=O)N2CCC(c3ccc(Nc4ccccn4)cn3)CC2)cc1C. The lowest BCUT2D eigenvalue weighted by molar-refractivity contribution is 0.316. The van der Waals surface area contributed by atoms with Crippen molar-refractivity contribution in [2.75, 3.05) is 25.5 Å². The quantitative estimate of drug-likeness (QED) is 0.624. The molecule has 0 radical (unpaired) electrons. The molecule has 1 fully saturated rings. The number of rotatable bonds is 6. The van der Waals surface area contributed by atoms with Crippen molar-refractivity contribution in [2.45, 2.75) is 30.6 Å². The van der Waals surface area contributed by atoms with Crippen molar-refractivity contribution in [2.24, 2.45) is 0 Å². The highest BCUT2D eigenvalue weighted by Gasteiger charge is 2.30. The number of nitrogens with one attached hydrogen (secondary N) is 1. The van der Waals surface area contributed by atoms with Gasteiger partial charge in [0.15, 0.2) is 0 Å². The highest BCUT2D eigenvalue weighted by Crippen LogP contribution is 2.31. The zero-order chi connectivity index (χ0) is 21.8. The van der Waals surface area contributed by atoms with E-state index in [0.717, 1.165) is 35.6 Å². The van der Waals surface area contributed by atoms with Crippen LogP contribution in [0.3, 0.4) is 0 Å². The second-order valence-corrected chi connectivity index (χ2v) is 9.56. The molecule has 0 saturated carbocycles. The normalized spacial score (nSPS) is 15.5. The predicted molar refractivity (Wildman–Crippen MR) is 120 cm³/mol. The van der Waals surface area contributed by atoms with Gasteiger partial charge in [-0.25, -0.2) is 13.4 Å². The maximum absolute atomic E-state index is 13.1. The third kappa shape index (κ3) is 4.70. The van der Waals surface area contributed by atoms with Gasteiger partial charge in [0, 0.05) is 30.9 Å². The molecule has 0 amide bonds. The maximum atomic E-state index is 13.1. The monoisotopic (exact) mass is 438 g/mol. The van der Waals surface area contributed by atoms with Crippen molar-refractivity contribution in [1.82, 2.24) is 14.3 Å². The summed E-state index contributed by atoms with van der Waals surface area (Å²) in [6, 6.07) is 14.7. The van der Waals surface area contributed by atoms with Crippen LogP contribution < -0.4 is 10.1 Å². The Balaban J connectivity index is 1.39. The van der Waals surface area contributed by atoms with Gasteiger partial charge >= 0.3 is 0 Å². The Morgan fingerprint density at radius 2 is 1.87 bits per heavy atom. The van der Waals surface area contributed by atoms with Gasteiger partial charge in [0.2, 0.25) is 10.0 Å². The van der Waals surface area contributed by atoms with Crippen LogP contribution in [0.25, 0.3) is 0 Å². The van der Waals surface area contributed by atoms with Crippen LogP contribution in [-0.2, 0) is 10.0 Å². The summed E-state index contributed by atoms with van der Waals surface area (Å²) in [6.45, 7) is 2.81. The van der Waals surface area contributed by atoms with E-state index in [1.54, 1.807) is 42.0 Å². The largest absolute Gasteiger partial charge is 0.496 e. The molecular formula is C23H26N4O3S. The van der Waals surface area contributed by atoms with Crippen molar-refractivity contribution in [1.29, 1.82) is 0 Å². The molecule has 7 nitrogen and oxygen atoms in total. The fourth-order valence-electron chi connectivity index (χ4n) is 3.86. The molecule has 0 bridgehead atoms. The number of pyridine rings is 2. The first-order valence-electron chi connectivity index (χ1n) is 10.3. The minimum absolute atomic E-state index is 0.243. The van der Waals surface area contributed by atoms with Crippen LogP contribution in [0.5, 0.6) is 5.75 Å². The van der Waals surface area contributed by atoms with Gasteiger partial charge in [-0.2, -0.15) is 4.31 Å². The van der Waals surface area contributed by atoms with E-state index in [-0.39, 0.29) is 5.92 Å². The van der Waals surface area contributed by atoms with Gasteiger partial charge in [-0.1, -0.05) is 6.07 Å². The minimum Gasteiger partial charge on any atom is -0.496 e. The lowest BCUT2D eigenvalue weighted by Gasteiger charge is -2.31. The van der Waals surface area contributed by atoms with E-state index in [4.69, 9.17) is 4.74 Å². The number of ether oxygens (including phenoxy) is 1. The van der Waals surface area contributed by atoms with Gasteiger partial charge in [0.25, 0.3) is 0 Å². The van der Waals surface area contributed by atoms with E-state index in [1.165, 1.54) is 0 Å². The molecule has 3 heterocycles. The van der Waals surface area contributed by atoms with Crippen molar-refractivity contribution >= 4 is 21.5 Å². The molecule has 31 heavy (non-hydrogen) atoms. The summed E-state index contributed by atoms with van der Waals surface area (Å²) in [5, 5.41) is 3.22. The molecule has 4 rings (SSSR count). The van der Waals surface area contributed by atoms with E-state index in [2.05, 4.69) is 15.3 Å². The fourth-order valence-corrected chi connectivity index (χ4v) is 5.41. The Bertz CT molecular complexity index is 1130. The van der Waals surface area contributed by atoms with Crippen LogP contribution in [0.2, 0.25) is 0 Å². The average molecular weight is 439 g/mol. The summed E-state index contributed by atoms with van der Waals surface area (Å²) in [5.74, 6) is 1.70. The predicted octanol–water partition coefficient (Wildman–Crippen LogP) is 4.11. The van der Waals surface area contributed by atoms with Crippen LogP contribution in [0.15, 0.2) is 65.8 Å². The standard InChI is InChI=1S/C23H26N4O3S/c1-17-15-20(7-9-22(17)30-2)31(28,29)27-13-10-18(11-14-27)21-8-6-19(16-25-21)26-23-5-3-4-12-24-23/h3-9,12,15-16,18H,10-11,13-14H2,1-2H3,(H,24,26). The molecule has 0 unspecified atom stereocenters. The lowest BCUT2D eigenvalue weighted by atomic mass is 9.94. The Labute approximate surface area is 183 Å². The number of piperidine rings is 1. The molecule has 0 atom stereocenters. The van der Waals surface area contributed by atoms with Crippen LogP contribution in [0.1, 0.15) is 30.0 Å². The smallest absolute Gasteiger partial charge is 0.243 e. The number of hydrogen-bond donors (Lipinski definition) is 1. The zero-order valence-electron chi connectivity index (χ0n) is 17.7. The van der Waals surface area contributed by atoms with Gasteiger partial charge < -0.3 is 10.1 Å². The van der Waals surface area contributed by atoms with Gasteiger partial charge in [-0.3, -0.25) is 4.98 Å². The molecule has 1 aliphatic heterocycles. The van der Waals surface area contributed by atoms with Crippen molar-refractivity contribution in [3.05, 3.63) is 72.2 Å². The lowest BCUT2D eigenvalue weighted by Crippen LogP contribution is -2.38. The van der Waals surface area contributed by atoms with E-state index in [1.807, 2.05) is 37.3 Å². The van der Waals surface area contributed by atoms with Gasteiger partial charge in [-0.15, -0.1) is 0 Å². The Morgan fingerprint density at radius 3 is 2.48 bits per heavy atom. The van der Waals surface area contributed by atoms with Gasteiger partial charge in [-0.05, 0) is 67.8 Å². The summed E-state index contributed by atoms with van der Waals surface area (Å²) in [7, 11) is -1.94. The molecule has 1 saturated heterocycles. The number of anilines is 2. The molecule has 1 N–H and O–H groups in total.